The van der Waals surface area contributed by atoms with Crippen LogP contribution in [0.4, 0.5) is 0 Å². The molecule has 4 aliphatic carbocycles. The molecule has 6 nitrogen and oxygen atoms in total. The minimum Gasteiger partial charge on any atom is -0.463 e. The predicted octanol–water partition coefficient (Wildman–Crippen LogP) is 4.21. The Bertz CT molecular complexity index is 859. The Morgan fingerprint density at radius 3 is 2.28 bits per heavy atom. The molecule has 178 valence electrons. The molecule has 1 heterocycles. The number of carbonyl (C=O) groups is 3. The number of ketones is 1. The van der Waals surface area contributed by atoms with E-state index in [2.05, 4.69) is 29.8 Å². The van der Waals surface area contributed by atoms with Crippen molar-refractivity contribution in [1.29, 1.82) is 0 Å². The molecule has 4 saturated carbocycles. The molecule has 0 bridgehead atoms. The van der Waals surface area contributed by atoms with Crippen molar-refractivity contribution in [3.05, 3.63) is 0 Å². The number of ether oxygens (including phenoxy) is 3. The first-order valence-electron chi connectivity index (χ1n) is 12.1. The molecule has 32 heavy (non-hydrogen) atoms. The standard InChI is InChI=1S/C25H35BrO6/c1-12(27)25-22(32-25)21(26)20-17-7-6-15-10-16(30-13(2)28)8-9-23(15,4)18(17)11-19(24(20,25)5)31-14(3)29/h15-22H,6-11H2,1-5H3/t15-,16-,17+,18-,19+,20+,21-,22+,23-,24-,25+/m0/s1. The Kier molecular flexibility index (Phi) is 5.19. The number of halogens is 1. The van der Waals surface area contributed by atoms with Gasteiger partial charge in [-0.1, -0.05) is 29.8 Å². The van der Waals surface area contributed by atoms with Gasteiger partial charge in [-0.15, -0.1) is 0 Å². The van der Waals surface area contributed by atoms with Crippen LogP contribution in [0.1, 0.15) is 73.1 Å². The first-order valence-corrected chi connectivity index (χ1v) is 13.1. The van der Waals surface area contributed by atoms with E-state index < -0.39 is 11.0 Å². The van der Waals surface area contributed by atoms with Gasteiger partial charge in [0.25, 0.3) is 0 Å². The maximum Gasteiger partial charge on any atom is 0.302 e. The molecule has 0 amide bonds. The quantitative estimate of drug-likeness (QED) is 0.321. The van der Waals surface area contributed by atoms with E-state index in [-0.39, 0.29) is 52.2 Å². The lowest BCUT2D eigenvalue weighted by Gasteiger charge is -2.63. The number of esters is 2. The number of fused-ring (bicyclic) bond motifs is 7. The van der Waals surface area contributed by atoms with Gasteiger partial charge in [0, 0.05) is 24.1 Å². The van der Waals surface area contributed by atoms with Gasteiger partial charge < -0.3 is 14.2 Å². The Morgan fingerprint density at radius 1 is 0.969 bits per heavy atom. The molecule has 0 aromatic heterocycles. The normalized spacial score (nSPS) is 53.2. The molecule has 0 unspecified atom stereocenters. The molecule has 0 aromatic rings. The van der Waals surface area contributed by atoms with Gasteiger partial charge >= 0.3 is 11.9 Å². The van der Waals surface area contributed by atoms with Gasteiger partial charge in [0.05, 0.1) is 0 Å². The number of epoxide rings is 1. The van der Waals surface area contributed by atoms with Crippen molar-refractivity contribution in [3.8, 4) is 0 Å². The fourth-order valence-electron chi connectivity index (χ4n) is 8.91. The van der Waals surface area contributed by atoms with Gasteiger partial charge in [-0.05, 0) is 74.5 Å². The lowest BCUT2D eigenvalue weighted by atomic mass is 9.43. The van der Waals surface area contributed by atoms with Crippen molar-refractivity contribution < 1.29 is 28.6 Å². The van der Waals surface area contributed by atoms with Gasteiger partial charge in [0.2, 0.25) is 0 Å². The highest BCUT2D eigenvalue weighted by Gasteiger charge is 2.85. The fraction of sp³-hybridized carbons (Fsp3) is 0.880. The molecule has 1 aliphatic heterocycles. The third-order valence-electron chi connectivity index (χ3n) is 10.2. The van der Waals surface area contributed by atoms with Crippen molar-refractivity contribution in [3.63, 3.8) is 0 Å². The summed E-state index contributed by atoms with van der Waals surface area (Å²) >= 11 is 3.95. The smallest absolute Gasteiger partial charge is 0.302 e. The van der Waals surface area contributed by atoms with Gasteiger partial charge in [-0.3, -0.25) is 14.4 Å². The van der Waals surface area contributed by atoms with E-state index in [9.17, 15) is 14.4 Å². The number of Topliss-reactive ketones (excluding diaryl/α,β-unsaturated/α-hetero) is 1. The molecule has 11 atom stereocenters. The zero-order valence-electron chi connectivity index (χ0n) is 19.7. The summed E-state index contributed by atoms with van der Waals surface area (Å²) in [5, 5.41) is 0. The second-order valence-electron chi connectivity index (χ2n) is 11.5. The minimum atomic E-state index is -0.846. The second-order valence-corrected chi connectivity index (χ2v) is 12.5. The molecule has 5 fully saturated rings. The third-order valence-corrected chi connectivity index (χ3v) is 11.3. The number of carbonyl (C=O) groups excluding carboxylic acids is 3. The summed E-state index contributed by atoms with van der Waals surface area (Å²) < 4.78 is 17.7. The topological polar surface area (TPSA) is 82.2 Å². The van der Waals surface area contributed by atoms with Crippen LogP contribution in [0.15, 0.2) is 0 Å². The van der Waals surface area contributed by atoms with Crippen molar-refractivity contribution in [1.82, 2.24) is 0 Å². The number of alkyl halides is 1. The SMILES string of the molecule is CC(=O)O[C@H]1CC[C@@]2(C)[C@@H](CC[C@H]3[C@@H]4[C@H](Br)[C@H]5O[C@@]5(C(C)=O)[C@@]4(C)[C@H](OC(C)=O)C[C@@H]32)C1. The minimum absolute atomic E-state index is 0.0117. The Balaban J connectivity index is 1.50. The van der Waals surface area contributed by atoms with Crippen LogP contribution >= 0.6 is 15.9 Å². The Hall–Kier alpha value is -0.950. The van der Waals surface area contributed by atoms with Gasteiger partial charge in [-0.2, -0.15) is 0 Å². The van der Waals surface area contributed by atoms with E-state index in [1.165, 1.54) is 13.8 Å². The summed E-state index contributed by atoms with van der Waals surface area (Å²) in [6.45, 7) is 9.12. The number of rotatable bonds is 3. The average molecular weight is 511 g/mol. The highest BCUT2D eigenvalue weighted by atomic mass is 79.9. The molecule has 5 rings (SSSR count). The summed E-state index contributed by atoms with van der Waals surface area (Å²) in [6.07, 6.45) is 5.31. The first kappa shape index (κ1) is 22.8. The van der Waals surface area contributed by atoms with Crippen LogP contribution in [0, 0.1) is 34.5 Å². The maximum absolute atomic E-state index is 12.9. The molecule has 0 aromatic carbocycles. The highest BCUT2D eigenvalue weighted by Crippen LogP contribution is 2.75. The van der Waals surface area contributed by atoms with E-state index in [0.717, 1.165) is 38.5 Å². The molecular formula is C25H35BrO6. The van der Waals surface area contributed by atoms with Crippen molar-refractivity contribution in [2.24, 2.45) is 34.5 Å². The lowest BCUT2D eigenvalue weighted by molar-refractivity contribution is -0.205. The van der Waals surface area contributed by atoms with Crippen LogP contribution < -0.4 is 0 Å². The van der Waals surface area contributed by atoms with Crippen molar-refractivity contribution in [2.45, 2.75) is 102 Å². The molecular weight excluding hydrogens is 476 g/mol. The predicted molar refractivity (Wildman–Crippen MR) is 120 cm³/mol. The van der Waals surface area contributed by atoms with Crippen molar-refractivity contribution in [2.75, 3.05) is 0 Å². The lowest BCUT2D eigenvalue weighted by Crippen LogP contribution is -2.63. The highest BCUT2D eigenvalue weighted by molar-refractivity contribution is 9.09. The third kappa shape index (κ3) is 2.82. The molecule has 7 heteroatoms. The monoisotopic (exact) mass is 510 g/mol. The maximum atomic E-state index is 12.9. The Morgan fingerprint density at radius 2 is 1.66 bits per heavy atom. The van der Waals surface area contributed by atoms with E-state index in [1.807, 2.05) is 0 Å². The fourth-order valence-corrected chi connectivity index (χ4v) is 10.3. The van der Waals surface area contributed by atoms with Crippen LogP contribution in [0.25, 0.3) is 0 Å². The van der Waals surface area contributed by atoms with Crippen LogP contribution in [0.5, 0.6) is 0 Å². The van der Waals surface area contributed by atoms with Crippen LogP contribution in [-0.2, 0) is 28.6 Å². The van der Waals surface area contributed by atoms with Crippen LogP contribution in [0.3, 0.4) is 0 Å². The summed E-state index contributed by atoms with van der Waals surface area (Å²) in [5.41, 5.74) is -1.26. The summed E-state index contributed by atoms with van der Waals surface area (Å²) in [4.78, 5) is 36.7. The van der Waals surface area contributed by atoms with Gasteiger partial charge in [0.15, 0.2) is 11.4 Å². The first-order chi connectivity index (χ1) is 15.0. The largest absolute Gasteiger partial charge is 0.463 e. The molecule has 0 N–H and O–H groups in total. The Labute approximate surface area is 198 Å². The second kappa shape index (κ2) is 7.27. The molecule has 0 spiro atoms. The van der Waals surface area contributed by atoms with Gasteiger partial charge in [0.1, 0.15) is 18.3 Å². The summed E-state index contributed by atoms with van der Waals surface area (Å²) in [5.74, 6) is 1.13. The molecule has 0 radical (unpaired) electrons. The molecule has 5 aliphatic rings. The zero-order valence-corrected chi connectivity index (χ0v) is 21.3. The van der Waals surface area contributed by atoms with Crippen LogP contribution in [0.2, 0.25) is 0 Å². The van der Waals surface area contributed by atoms with E-state index in [1.54, 1.807) is 6.92 Å². The summed E-state index contributed by atoms with van der Waals surface area (Å²) in [7, 11) is 0. The van der Waals surface area contributed by atoms with E-state index in [0.29, 0.717) is 17.8 Å². The van der Waals surface area contributed by atoms with Gasteiger partial charge in [-0.25, -0.2) is 0 Å². The number of hydrogen-bond donors (Lipinski definition) is 0. The number of hydrogen-bond acceptors (Lipinski definition) is 6. The van der Waals surface area contributed by atoms with Crippen LogP contribution in [-0.4, -0.2) is 46.5 Å². The van der Waals surface area contributed by atoms with E-state index >= 15 is 0 Å². The summed E-state index contributed by atoms with van der Waals surface area (Å²) in [6, 6.07) is 0. The molecule has 1 saturated heterocycles. The van der Waals surface area contributed by atoms with E-state index in [4.69, 9.17) is 14.2 Å². The van der Waals surface area contributed by atoms with Crippen molar-refractivity contribution >= 4 is 33.7 Å². The zero-order chi connectivity index (χ0) is 23.2. The average Bonchev–Trinajstić information content (AvgIpc) is 3.42.